The molecule has 1 aliphatic rings. The van der Waals surface area contributed by atoms with Crippen LogP contribution in [0.2, 0.25) is 0 Å². The average molecular weight is 488 g/mol. The first-order chi connectivity index (χ1) is 14.4. The first kappa shape index (κ1) is 22.1. The molecule has 1 saturated heterocycles. The van der Waals surface area contributed by atoms with Crippen molar-refractivity contribution in [3.63, 3.8) is 0 Å². The second-order valence-electron chi connectivity index (χ2n) is 6.74. The molecule has 2 N–H and O–H groups in total. The number of rotatable bonds is 7. The molecule has 2 aromatic carbocycles. The van der Waals surface area contributed by atoms with Gasteiger partial charge in [0, 0.05) is 6.54 Å². The summed E-state index contributed by atoms with van der Waals surface area (Å²) in [5.41, 5.74) is 7.92. The Kier molecular flexibility index (Phi) is 7.33. The standard InChI is InChI=1S/C22H22BrN3O3S/c1-3-10-26-21(28)19(30-22(26)25-16-7-4-14(2)5-8-16)12-15-6-9-18(17(23)11-15)29-13-20(24)27/h4-9,11-12H,3,10,13H2,1-2H3,(H2,24,27)/b19-12-,25-22?. The van der Waals surface area contributed by atoms with Gasteiger partial charge in [-0.15, -0.1) is 0 Å². The molecule has 2 aromatic rings. The fourth-order valence-corrected chi connectivity index (χ4v) is 4.30. The lowest BCUT2D eigenvalue weighted by Crippen LogP contribution is -2.29. The predicted octanol–water partition coefficient (Wildman–Crippen LogP) is 4.64. The van der Waals surface area contributed by atoms with E-state index in [0.29, 0.717) is 26.8 Å². The molecule has 0 atom stereocenters. The topological polar surface area (TPSA) is 85.0 Å². The number of aryl methyl sites for hydroxylation is 1. The normalized spacial score (nSPS) is 16.5. The molecule has 1 fully saturated rings. The molecule has 0 spiro atoms. The van der Waals surface area contributed by atoms with Crippen LogP contribution in [0, 0.1) is 6.92 Å². The predicted molar refractivity (Wildman–Crippen MR) is 125 cm³/mol. The molecule has 0 aliphatic carbocycles. The number of benzene rings is 2. The van der Waals surface area contributed by atoms with Crippen LogP contribution in [0.4, 0.5) is 5.69 Å². The zero-order valence-corrected chi connectivity index (χ0v) is 19.1. The molecule has 2 amide bonds. The van der Waals surface area contributed by atoms with Gasteiger partial charge in [-0.25, -0.2) is 4.99 Å². The Bertz CT molecular complexity index is 1020. The van der Waals surface area contributed by atoms with E-state index < -0.39 is 5.91 Å². The van der Waals surface area contributed by atoms with Crippen LogP contribution < -0.4 is 10.5 Å². The molecule has 1 aliphatic heterocycles. The van der Waals surface area contributed by atoms with Crippen LogP contribution in [0.5, 0.6) is 5.75 Å². The van der Waals surface area contributed by atoms with Gasteiger partial charge in [0.1, 0.15) is 5.75 Å². The molecule has 0 radical (unpaired) electrons. The third kappa shape index (κ3) is 5.52. The van der Waals surface area contributed by atoms with Crippen molar-refractivity contribution < 1.29 is 14.3 Å². The van der Waals surface area contributed by atoms with Gasteiger partial charge in [-0.3, -0.25) is 14.5 Å². The van der Waals surface area contributed by atoms with Gasteiger partial charge >= 0.3 is 0 Å². The van der Waals surface area contributed by atoms with E-state index in [9.17, 15) is 9.59 Å². The van der Waals surface area contributed by atoms with Gasteiger partial charge in [-0.2, -0.15) is 0 Å². The van der Waals surface area contributed by atoms with Crippen LogP contribution in [-0.4, -0.2) is 35.0 Å². The van der Waals surface area contributed by atoms with E-state index in [-0.39, 0.29) is 12.5 Å². The molecular weight excluding hydrogens is 466 g/mol. The van der Waals surface area contributed by atoms with Crippen LogP contribution in [-0.2, 0) is 9.59 Å². The maximum absolute atomic E-state index is 13.0. The zero-order valence-electron chi connectivity index (χ0n) is 16.7. The van der Waals surface area contributed by atoms with E-state index in [1.807, 2.05) is 56.3 Å². The van der Waals surface area contributed by atoms with Crippen molar-refractivity contribution in [3.8, 4) is 5.75 Å². The van der Waals surface area contributed by atoms with E-state index >= 15 is 0 Å². The summed E-state index contributed by atoms with van der Waals surface area (Å²) >= 11 is 4.79. The van der Waals surface area contributed by atoms with Crippen LogP contribution in [0.3, 0.4) is 0 Å². The highest BCUT2D eigenvalue weighted by Gasteiger charge is 2.32. The number of ether oxygens (including phenoxy) is 1. The smallest absolute Gasteiger partial charge is 0.266 e. The summed E-state index contributed by atoms with van der Waals surface area (Å²) in [6, 6.07) is 13.3. The van der Waals surface area contributed by atoms with Crippen LogP contribution >= 0.6 is 27.7 Å². The number of amidine groups is 1. The minimum absolute atomic E-state index is 0.0575. The van der Waals surface area contributed by atoms with Crippen molar-refractivity contribution in [2.24, 2.45) is 10.7 Å². The number of primary amides is 1. The fraction of sp³-hybridized carbons (Fsp3) is 0.227. The summed E-state index contributed by atoms with van der Waals surface area (Å²) in [4.78, 5) is 30.9. The lowest BCUT2D eigenvalue weighted by atomic mass is 10.2. The Labute approximate surface area is 188 Å². The molecule has 30 heavy (non-hydrogen) atoms. The van der Waals surface area contributed by atoms with Gasteiger partial charge in [-0.05, 0) is 76.9 Å². The lowest BCUT2D eigenvalue weighted by Gasteiger charge is -2.14. The Hall–Kier alpha value is -2.58. The average Bonchev–Trinajstić information content (AvgIpc) is 2.98. The van der Waals surface area contributed by atoms with Crippen LogP contribution in [0.25, 0.3) is 6.08 Å². The van der Waals surface area contributed by atoms with E-state index in [1.165, 1.54) is 11.8 Å². The van der Waals surface area contributed by atoms with Gasteiger partial charge in [-0.1, -0.05) is 30.7 Å². The summed E-state index contributed by atoms with van der Waals surface area (Å²) in [5.74, 6) is -0.0917. The van der Waals surface area contributed by atoms with Crippen molar-refractivity contribution in [1.82, 2.24) is 4.90 Å². The molecule has 0 saturated carbocycles. The Balaban J connectivity index is 1.85. The molecule has 8 heteroatoms. The van der Waals surface area contributed by atoms with Gasteiger partial charge in [0.25, 0.3) is 11.8 Å². The van der Waals surface area contributed by atoms with Crippen molar-refractivity contribution in [2.45, 2.75) is 20.3 Å². The molecule has 156 valence electrons. The molecule has 1 heterocycles. The number of amides is 2. The number of halogens is 1. The number of carbonyl (C=O) groups is 2. The number of hydrogen-bond donors (Lipinski definition) is 1. The molecule has 0 bridgehead atoms. The SMILES string of the molecule is CCCN1C(=O)/C(=C/c2ccc(OCC(N)=O)c(Br)c2)SC1=Nc1ccc(C)cc1. The van der Waals surface area contributed by atoms with Crippen molar-refractivity contribution in [3.05, 3.63) is 63.0 Å². The third-order valence-corrected chi connectivity index (χ3v) is 5.84. The van der Waals surface area contributed by atoms with Gasteiger partial charge in [0.05, 0.1) is 15.1 Å². The van der Waals surface area contributed by atoms with Gasteiger partial charge in [0.2, 0.25) is 0 Å². The third-order valence-electron chi connectivity index (χ3n) is 4.22. The van der Waals surface area contributed by atoms with Crippen molar-refractivity contribution >= 4 is 56.4 Å². The summed E-state index contributed by atoms with van der Waals surface area (Å²) in [5, 5.41) is 0.678. The molecule has 0 aromatic heterocycles. The van der Waals surface area contributed by atoms with E-state index in [4.69, 9.17) is 10.5 Å². The van der Waals surface area contributed by atoms with E-state index in [1.54, 1.807) is 11.0 Å². The summed E-state index contributed by atoms with van der Waals surface area (Å²) in [6.45, 7) is 4.47. The lowest BCUT2D eigenvalue weighted by molar-refractivity contribution is -0.122. The van der Waals surface area contributed by atoms with E-state index in [0.717, 1.165) is 23.2 Å². The fourth-order valence-electron chi connectivity index (χ4n) is 2.77. The second-order valence-corrected chi connectivity index (χ2v) is 8.61. The monoisotopic (exact) mass is 487 g/mol. The Morgan fingerprint density at radius 1 is 1.27 bits per heavy atom. The number of nitrogens with two attached hydrogens (primary N) is 1. The largest absolute Gasteiger partial charge is 0.483 e. The highest BCUT2D eigenvalue weighted by Crippen LogP contribution is 2.35. The summed E-state index contributed by atoms with van der Waals surface area (Å²) in [6.07, 6.45) is 2.67. The van der Waals surface area contributed by atoms with Crippen molar-refractivity contribution in [1.29, 1.82) is 0 Å². The summed E-state index contributed by atoms with van der Waals surface area (Å²) in [7, 11) is 0. The number of hydrogen-bond acceptors (Lipinski definition) is 5. The Morgan fingerprint density at radius 3 is 2.63 bits per heavy atom. The number of aliphatic imine (C=N–C) groups is 1. The van der Waals surface area contributed by atoms with Crippen LogP contribution in [0.1, 0.15) is 24.5 Å². The van der Waals surface area contributed by atoms with Crippen molar-refractivity contribution in [2.75, 3.05) is 13.2 Å². The first-order valence-corrected chi connectivity index (χ1v) is 11.1. The minimum Gasteiger partial charge on any atom is -0.483 e. The summed E-state index contributed by atoms with van der Waals surface area (Å²) < 4.78 is 6.02. The maximum atomic E-state index is 13.0. The molecule has 0 unspecified atom stereocenters. The molecular formula is C22H22BrN3O3S. The highest BCUT2D eigenvalue weighted by molar-refractivity contribution is 9.10. The van der Waals surface area contributed by atoms with Gasteiger partial charge in [0.15, 0.2) is 11.8 Å². The number of carbonyl (C=O) groups excluding carboxylic acids is 2. The maximum Gasteiger partial charge on any atom is 0.266 e. The first-order valence-electron chi connectivity index (χ1n) is 9.45. The molecule has 6 nitrogen and oxygen atoms in total. The second kappa shape index (κ2) is 9.95. The molecule has 3 rings (SSSR count). The quantitative estimate of drug-likeness (QED) is 0.576. The highest BCUT2D eigenvalue weighted by atomic mass is 79.9. The minimum atomic E-state index is -0.544. The Morgan fingerprint density at radius 2 is 2.00 bits per heavy atom. The van der Waals surface area contributed by atoms with E-state index in [2.05, 4.69) is 20.9 Å². The van der Waals surface area contributed by atoms with Crippen LogP contribution in [0.15, 0.2) is 56.8 Å². The van der Waals surface area contributed by atoms with Gasteiger partial charge < -0.3 is 10.5 Å². The zero-order chi connectivity index (χ0) is 21.7. The number of thioether (sulfide) groups is 1. The number of nitrogens with zero attached hydrogens (tertiary/aromatic N) is 2.